The molecular weight excluding hydrogens is 253 g/mol. The van der Waals surface area contributed by atoms with Crippen molar-refractivity contribution in [1.29, 1.82) is 0 Å². The average Bonchev–Trinajstić information content (AvgIpc) is 2.34. The van der Waals surface area contributed by atoms with Crippen molar-refractivity contribution in [2.45, 2.75) is 6.92 Å². The number of hydrogen-bond donors (Lipinski definition) is 1. The summed E-state index contributed by atoms with van der Waals surface area (Å²) in [6.45, 7) is 1.99. The molecule has 4 heteroatoms. The van der Waals surface area contributed by atoms with Gasteiger partial charge in [-0.25, -0.2) is 0 Å². The van der Waals surface area contributed by atoms with E-state index in [1.165, 1.54) is 0 Å². The molecule has 0 radical (unpaired) electrons. The maximum absolute atomic E-state index is 4.18. The monoisotopic (exact) mass is 259 g/mol. The highest BCUT2D eigenvalue weighted by Gasteiger charge is 2.04. The van der Waals surface area contributed by atoms with Gasteiger partial charge in [0.2, 0.25) is 0 Å². The molecule has 1 N–H and O–H groups in total. The zero-order valence-electron chi connectivity index (χ0n) is 5.93. The second-order valence-corrected chi connectivity index (χ2v) is 3.36. The van der Waals surface area contributed by atoms with E-state index in [2.05, 4.69) is 37.8 Å². The number of H-pyrrole nitrogens is 1. The van der Waals surface area contributed by atoms with Crippen molar-refractivity contribution in [2.24, 2.45) is 0 Å². The summed E-state index contributed by atoms with van der Waals surface area (Å²) in [6.07, 6.45) is 1.78. The van der Waals surface area contributed by atoms with Gasteiger partial charge in [-0.15, -0.1) is 0 Å². The minimum Gasteiger partial charge on any atom is -0.277 e. The predicted octanol–water partition coefficient (Wildman–Crippen LogP) is 1.87. The zero-order valence-corrected chi connectivity index (χ0v) is 8.08. The third-order valence-corrected chi connectivity index (χ3v) is 2.40. The van der Waals surface area contributed by atoms with E-state index >= 15 is 0 Å². The molecule has 2 aromatic rings. The molecule has 0 atom stereocenters. The van der Waals surface area contributed by atoms with Crippen LogP contribution in [0.5, 0.6) is 0 Å². The van der Waals surface area contributed by atoms with E-state index in [0.717, 1.165) is 20.3 Å². The van der Waals surface area contributed by atoms with Gasteiger partial charge in [0.25, 0.3) is 0 Å². The number of aryl methyl sites for hydroxylation is 1. The van der Waals surface area contributed by atoms with E-state index in [1.807, 2.05) is 13.0 Å². The van der Waals surface area contributed by atoms with Gasteiger partial charge >= 0.3 is 0 Å². The van der Waals surface area contributed by atoms with Gasteiger partial charge in [0.05, 0.1) is 10.9 Å². The van der Waals surface area contributed by atoms with Crippen LogP contribution >= 0.6 is 22.6 Å². The Labute approximate surface area is 77.4 Å². The van der Waals surface area contributed by atoms with E-state index < -0.39 is 0 Å². The minimum atomic E-state index is 0.989. The van der Waals surface area contributed by atoms with Gasteiger partial charge in [0.15, 0.2) is 0 Å². The molecule has 3 nitrogen and oxygen atoms in total. The average molecular weight is 259 g/mol. The second-order valence-electron chi connectivity index (χ2n) is 2.33. The van der Waals surface area contributed by atoms with Crippen molar-refractivity contribution >= 4 is 33.5 Å². The highest BCUT2D eigenvalue weighted by atomic mass is 127. The van der Waals surface area contributed by atoms with Crippen molar-refractivity contribution in [1.82, 2.24) is 15.2 Å². The second kappa shape index (κ2) is 2.44. The Morgan fingerprint density at radius 3 is 3.09 bits per heavy atom. The highest BCUT2D eigenvalue weighted by Crippen LogP contribution is 2.18. The van der Waals surface area contributed by atoms with Gasteiger partial charge in [0.1, 0.15) is 3.70 Å². The number of nitrogens with zero attached hydrogens (tertiary/aromatic N) is 2. The summed E-state index contributed by atoms with van der Waals surface area (Å²) in [5, 5.41) is 8.14. The largest absolute Gasteiger partial charge is 0.277 e. The minimum absolute atomic E-state index is 0.989. The van der Waals surface area contributed by atoms with Crippen LogP contribution in [0.3, 0.4) is 0 Å². The molecule has 0 aromatic carbocycles. The molecule has 56 valence electrons. The molecule has 0 amide bonds. The van der Waals surface area contributed by atoms with Crippen LogP contribution < -0.4 is 0 Å². The maximum atomic E-state index is 4.18. The van der Waals surface area contributed by atoms with Crippen LogP contribution in [0, 0.1) is 10.6 Å². The van der Waals surface area contributed by atoms with Gasteiger partial charge in [-0.1, -0.05) is 0 Å². The standard InChI is InChI=1S/C7H6IN3/c1-4-6-5(2-3-9-4)10-11-7(6)8/h2-3H,1H3,(H,10,11). The van der Waals surface area contributed by atoms with Crippen LogP contribution in [0.1, 0.15) is 5.69 Å². The lowest BCUT2D eigenvalue weighted by Crippen LogP contribution is -1.80. The fraction of sp³-hybridized carbons (Fsp3) is 0.143. The fourth-order valence-corrected chi connectivity index (χ4v) is 1.89. The molecule has 2 aromatic heterocycles. The summed E-state index contributed by atoms with van der Waals surface area (Å²) >= 11 is 2.20. The molecule has 0 saturated carbocycles. The van der Waals surface area contributed by atoms with E-state index in [1.54, 1.807) is 6.20 Å². The molecule has 0 spiro atoms. The molecular formula is C7H6IN3. The van der Waals surface area contributed by atoms with Crippen LogP contribution in [-0.2, 0) is 0 Å². The summed E-state index contributed by atoms with van der Waals surface area (Å²) in [5.41, 5.74) is 2.09. The van der Waals surface area contributed by atoms with Crippen LogP contribution in [0.2, 0.25) is 0 Å². The molecule has 0 saturated heterocycles. The van der Waals surface area contributed by atoms with Crippen LogP contribution in [0.15, 0.2) is 12.3 Å². The van der Waals surface area contributed by atoms with Crippen LogP contribution in [-0.4, -0.2) is 15.2 Å². The van der Waals surface area contributed by atoms with Gasteiger partial charge in [0, 0.05) is 11.9 Å². The Kier molecular flexibility index (Phi) is 1.56. The van der Waals surface area contributed by atoms with Gasteiger partial charge in [-0.05, 0) is 35.6 Å². The van der Waals surface area contributed by atoms with Gasteiger partial charge < -0.3 is 0 Å². The summed E-state index contributed by atoms with van der Waals surface area (Å²) in [4.78, 5) is 4.18. The van der Waals surface area contributed by atoms with E-state index in [-0.39, 0.29) is 0 Å². The summed E-state index contributed by atoms with van der Waals surface area (Å²) in [7, 11) is 0. The predicted molar refractivity (Wildman–Crippen MR) is 51.3 cm³/mol. The molecule has 0 bridgehead atoms. The third-order valence-electron chi connectivity index (χ3n) is 1.62. The van der Waals surface area contributed by atoms with Crippen molar-refractivity contribution < 1.29 is 0 Å². The summed E-state index contributed by atoms with van der Waals surface area (Å²) < 4.78 is 0.989. The number of pyridine rings is 1. The third kappa shape index (κ3) is 1.01. The Morgan fingerprint density at radius 2 is 2.36 bits per heavy atom. The first-order valence-corrected chi connectivity index (χ1v) is 4.32. The molecule has 0 unspecified atom stereocenters. The Balaban J connectivity index is 2.96. The number of rotatable bonds is 0. The molecule has 2 rings (SSSR count). The highest BCUT2D eigenvalue weighted by molar-refractivity contribution is 14.1. The van der Waals surface area contributed by atoms with Gasteiger partial charge in [-0.2, -0.15) is 5.10 Å². The molecule has 0 aliphatic rings. The number of aromatic amines is 1. The van der Waals surface area contributed by atoms with Crippen molar-refractivity contribution in [3.63, 3.8) is 0 Å². The normalized spacial score (nSPS) is 10.7. The van der Waals surface area contributed by atoms with E-state index in [0.29, 0.717) is 0 Å². The lowest BCUT2D eigenvalue weighted by molar-refractivity contribution is 1.09. The SMILES string of the molecule is Cc1nccc2[nH]nc(I)c12. The molecule has 0 aliphatic heterocycles. The first-order chi connectivity index (χ1) is 5.29. The lowest BCUT2D eigenvalue weighted by atomic mass is 10.3. The summed E-state index contributed by atoms with van der Waals surface area (Å²) in [5.74, 6) is 0. The van der Waals surface area contributed by atoms with Crippen molar-refractivity contribution in [3.05, 3.63) is 21.7 Å². The molecule has 0 aliphatic carbocycles. The Hall–Kier alpha value is -0.650. The van der Waals surface area contributed by atoms with Crippen molar-refractivity contribution in [2.75, 3.05) is 0 Å². The number of nitrogens with one attached hydrogen (secondary N) is 1. The summed E-state index contributed by atoms with van der Waals surface area (Å²) in [6, 6.07) is 1.93. The lowest BCUT2D eigenvalue weighted by Gasteiger charge is -1.91. The molecule has 2 heterocycles. The Morgan fingerprint density at radius 1 is 1.55 bits per heavy atom. The first kappa shape index (κ1) is 7.02. The molecule has 11 heavy (non-hydrogen) atoms. The van der Waals surface area contributed by atoms with Crippen molar-refractivity contribution in [3.8, 4) is 0 Å². The fourth-order valence-electron chi connectivity index (χ4n) is 1.09. The van der Waals surface area contributed by atoms with Crippen LogP contribution in [0.25, 0.3) is 10.9 Å². The molecule has 0 fully saturated rings. The Bertz CT molecular complexity index is 393. The number of halogens is 1. The zero-order chi connectivity index (χ0) is 7.84. The number of fused-ring (bicyclic) bond motifs is 1. The first-order valence-electron chi connectivity index (χ1n) is 3.24. The number of aromatic nitrogens is 3. The van der Waals surface area contributed by atoms with E-state index in [9.17, 15) is 0 Å². The van der Waals surface area contributed by atoms with Gasteiger partial charge in [-0.3, -0.25) is 10.1 Å². The topological polar surface area (TPSA) is 41.6 Å². The quantitative estimate of drug-likeness (QED) is 0.734. The van der Waals surface area contributed by atoms with E-state index in [4.69, 9.17) is 0 Å². The maximum Gasteiger partial charge on any atom is 0.132 e. The number of hydrogen-bond acceptors (Lipinski definition) is 2. The van der Waals surface area contributed by atoms with Crippen LogP contribution in [0.4, 0.5) is 0 Å². The smallest absolute Gasteiger partial charge is 0.132 e.